The monoisotopic (exact) mass is 863 g/mol. The summed E-state index contributed by atoms with van der Waals surface area (Å²) in [6.45, 7) is 23.2. The second-order valence-electron chi connectivity index (χ2n) is 22.6. The van der Waals surface area contributed by atoms with E-state index in [0.29, 0.717) is 66.8 Å². The summed E-state index contributed by atoms with van der Waals surface area (Å²) in [5.74, 6) is 2.25. The van der Waals surface area contributed by atoms with Crippen molar-refractivity contribution in [2.24, 2.45) is 56.7 Å². The van der Waals surface area contributed by atoms with Crippen molar-refractivity contribution < 1.29 is 24.6 Å². The van der Waals surface area contributed by atoms with Crippen LogP contribution in [0.4, 0.5) is 0 Å². The number of aliphatic hydroxyl groups is 2. The van der Waals surface area contributed by atoms with Crippen molar-refractivity contribution in [1.82, 2.24) is 20.9 Å². The first-order chi connectivity index (χ1) is 29.9. The molecular formula is C54H78N4O5. The van der Waals surface area contributed by atoms with E-state index in [2.05, 4.69) is 69.0 Å². The predicted octanol–water partition coefficient (Wildman–Crippen LogP) is 8.48. The number of benzene rings is 2. The number of fused-ring (bicyclic) bond motifs is 7. The Kier molecular flexibility index (Phi) is 12.9. The van der Waals surface area contributed by atoms with Crippen LogP contribution in [0.15, 0.2) is 60.7 Å². The Balaban J connectivity index is 0.862. The van der Waals surface area contributed by atoms with E-state index in [0.717, 1.165) is 82.1 Å². The van der Waals surface area contributed by atoms with Gasteiger partial charge >= 0.3 is 0 Å². The molecule has 0 bridgehead atoms. The van der Waals surface area contributed by atoms with Crippen LogP contribution in [0.2, 0.25) is 0 Å². The maximum atomic E-state index is 14.8. The average Bonchev–Trinajstić information content (AvgIpc) is 3.67. The number of carbonyl (C=O) groups is 3. The Bertz CT molecular complexity index is 2030. The van der Waals surface area contributed by atoms with Crippen molar-refractivity contribution in [1.29, 1.82) is 0 Å². The molecule has 0 aromatic heterocycles. The van der Waals surface area contributed by atoms with Crippen molar-refractivity contribution in [3.8, 4) is 0 Å². The van der Waals surface area contributed by atoms with Crippen LogP contribution in [0, 0.1) is 56.7 Å². The number of aliphatic hydroxyl groups excluding tert-OH is 2. The Hall–Kier alpha value is -3.53. The van der Waals surface area contributed by atoms with Crippen LogP contribution in [0.25, 0.3) is 0 Å². The third kappa shape index (κ3) is 8.24. The highest BCUT2D eigenvalue weighted by Crippen LogP contribution is 2.77. The maximum Gasteiger partial charge on any atom is 0.251 e. The molecule has 10 atom stereocenters. The van der Waals surface area contributed by atoms with Crippen LogP contribution in [0.5, 0.6) is 0 Å². The normalized spacial score (nSPS) is 36.2. The minimum absolute atomic E-state index is 0.0620. The lowest BCUT2D eigenvalue weighted by molar-refractivity contribution is -0.246. The fraction of sp³-hybridized carbons (Fsp3) is 0.685. The first kappa shape index (κ1) is 46.0. The fourth-order valence-electron chi connectivity index (χ4n) is 15.5. The number of nitrogens with zero attached hydrogens (tertiary/aromatic N) is 1. The van der Waals surface area contributed by atoms with Gasteiger partial charge in [-0.25, -0.2) is 0 Å². The number of hydrogen-bond acceptors (Lipinski definition) is 6. The van der Waals surface area contributed by atoms with Crippen LogP contribution >= 0.6 is 0 Å². The van der Waals surface area contributed by atoms with Gasteiger partial charge in [-0.1, -0.05) is 71.0 Å². The second kappa shape index (κ2) is 17.7. The van der Waals surface area contributed by atoms with E-state index < -0.39 is 0 Å². The predicted molar refractivity (Wildman–Crippen MR) is 250 cm³/mol. The Morgan fingerprint density at radius 1 is 0.714 bits per heavy atom. The third-order valence-electron chi connectivity index (χ3n) is 19.3. The van der Waals surface area contributed by atoms with Crippen molar-refractivity contribution in [3.05, 3.63) is 82.9 Å². The molecule has 6 aliphatic rings. The molecule has 5 aliphatic carbocycles. The summed E-state index contributed by atoms with van der Waals surface area (Å²) in [5.41, 5.74) is 4.47. The molecule has 5 N–H and O–H groups in total. The van der Waals surface area contributed by atoms with Gasteiger partial charge in [0.2, 0.25) is 5.91 Å². The van der Waals surface area contributed by atoms with Gasteiger partial charge in [0.15, 0.2) is 0 Å². The van der Waals surface area contributed by atoms with Crippen LogP contribution in [0.3, 0.4) is 0 Å². The zero-order valence-corrected chi connectivity index (χ0v) is 39.4. The van der Waals surface area contributed by atoms with E-state index in [4.69, 9.17) is 0 Å². The smallest absolute Gasteiger partial charge is 0.251 e. The molecule has 344 valence electrons. The molecule has 1 aliphatic heterocycles. The van der Waals surface area contributed by atoms with Gasteiger partial charge in [-0.3, -0.25) is 14.4 Å². The average molecular weight is 863 g/mol. The lowest BCUT2D eigenvalue weighted by Gasteiger charge is -2.72. The van der Waals surface area contributed by atoms with E-state index in [-0.39, 0.29) is 57.0 Å². The molecule has 9 heteroatoms. The number of likely N-dealkylation sites (tertiary alicyclic amines) is 1. The molecule has 1 heterocycles. The van der Waals surface area contributed by atoms with Crippen LogP contribution in [-0.4, -0.2) is 77.8 Å². The number of allylic oxidation sites excluding steroid dienone is 1. The number of nitrogens with one attached hydrogen (secondary N) is 3. The van der Waals surface area contributed by atoms with E-state index in [1.165, 1.54) is 31.3 Å². The van der Waals surface area contributed by atoms with Crippen LogP contribution < -0.4 is 16.0 Å². The Labute approximate surface area is 378 Å². The minimum Gasteiger partial charge on any atom is -0.393 e. The first-order valence-electron chi connectivity index (χ1n) is 24.7. The highest BCUT2D eigenvalue weighted by Gasteiger charge is 2.71. The maximum absolute atomic E-state index is 14.8. The van der Waals surface area contributed by atoms with Gasteiger partial charge in [-0.2, -0.15) is 0 Å². The van der Waals surface area contributed by atoms with Crippen LogP contribution in [-0.2, 0) is 17.8 Å². The van der Waals surface area contributed by atoms with Crippen molar-refractivity contribution in [2.45, 2.75) is 144 Å². The molecule has 5 saturated carbocycles. The number of hydrogen-bond donors (Lipinski definition) is 5. The summed E-state index contributed by atoms with van der Waals surface area (Å²) in [5, 5.41) is 30.4. The SMILES string of the molecule is C=C(C)[C@@H]1CC[C@]2(C(=O)NCCc3cccc(C(=O)NCc4ccc(C(=O)NCCN5CCC(O)CC5)cc4)c3)CC[C@]3(C)C(CCC4[C@@]5(C)CC[C@H](O)C(C)(C)C5CC[C@]43C)C12. The molecule has 4 unspecified atom stereocenters. The van der Waals surface area contributed by atoms with Gasteiger partial charge < -0.3 is 31.1 Å². The minimum atomic E-state index is -0.377. The Morgan fingerprint density at radius 3 is 2.17 bits per heavy atom. The molecule has 0 radical (unpaired) electrons. The first-order valence-corrected chi connectivity index (χ1v) is 24.7. The number of piperidine rings is 1. The molecule has 1 saturated heterocycles. The molecule has 8 rings (SSSR count). The Morgan fingerprint density at radius 2 is 1.44 bits per heavy atom. The van der Waals surface area contributed by atoms with Gasteiger partial charge in [0, 0.05) is 50.4 Å². The fourth-order valence-corrected chi connectivity index (χ4v) is 15.5. The van der Waals surface area contributed by atoms with Gasteiger partial charge in [0.1, 0.15) is 0 Å². The molecule has 6 fully saturated rings. The number of amides is 3. The van der Waals surface area contributed by atoms with E-state index in [1.807, 2.05) is 36.4 Å². The zero-order chi connectivity index (χ0) is 45.0. The van der Waals surface area contributed by atoms with Crippen molar-refractivity contribution >= 4 is 17.7 Å². The van der Waals surface area contributed by atoms with Crippen LogP contribution in [0.1, 0.15) is 150 Å². The summed E-state index contributed by atoms with van der Waals surface area (Å²) in [6.07, 6.45) is 12.6. The van der Waals surface area contributed by atoms with Gasteiger partial charge in [-0.15, -0.1) is 0 Å². The van der Waals surface area contributed by atoms with E-state index in [9.17, 15) is 24.6 Å². The highest BCUT2D eigenvalue weighted by molar-refractivity contribution is 5.95. The molecule has 2 aromatic carbocycles. The molecule has 2 aromatic rings. The van der Waals surface area contributed by atoms with Gasteiger partial charge in [0.05, 0.1) is 17.6 Å². The number of carbonyl (C=O) groups excluding carboxylic acids is 3. The second-order valence-corrected chi connectivity index (χ2v) is 22.6. The van der Waals surface area contributed by atoms with E-state index in [1.54, 1.807) is 12.1 Å². The third-order valence-corrected chi connectivity index (χ3v) is 19.3. The largest absolute Gasteiger partial charge is 0.393 e. The van der Waals surface area contributed by atoms with E-state index >= 15 is 0 Å². The number of rotatable bonds is 12. The molecule has 3 amide bonds. The molecule has 9 nitrogen and oxygen atoms in total. The summed E-state index contributed by atoms with van der Waals surface area (Å²) < 4.78 is 0. The van der Waals surface area contributed by atoms with Gasteiger partial charge in [-0.05, 0) is 177 Å². The highest BCUT2D eigenvalue weighted by atomic mass is 16.3. The summed E-state index contributed by atoms with van der Waals surface area (Å²) in [7, 11) is 0. The molecule has 0 spiro atoms. The quantitative estimate of drug-likeness (QED) is 0.136. The molecule has 63 heavy (non-hydrogen) atoms. The summed E-state index contributed by atoms with van der Waals surface area (Å²) in [4.78, 5) is 43.0. The summed E-state index contributed by atoms with van der Waals surface area (Å²) in [6, 6.07) is 15.1. The standard InChI is InChI=1S/C54H78N4O5/c1-35(2)41-17-25-54(27-26-52(6)42(46(41)54)15-16-44-51(5)23-19-45(60)50(3,4)43(51)18-24-53(44,52)7)49(63)56-28-20-36-9-8-10-39(33-36)48(62)57-34-37-11-13-38(14-12-37)47(61)55-29-32-58-30-21-40(59)22-31-58/h8-14,33,40-46,59-60H,1,15-32,34H2,2-7H3,(H,55,61)(H,56,63)(H,57,62)/t41-,42?,43?,44?,45-,46?,51-,52+,53+,54-/m0/s1. The lowest BCUT2D eigenvalue weighted by Crippen LogP contribution is -2.67. The zero-order valence-electron chi connectivity index (χ0n) is 39.4. The lowest BCUT2D eigenvalue weighted by atomic mass is 9.32. The molecular weight excluding hydrogens is 785 g/mol. The topological polar surface area (TPSA) is 131 Å². The van der Waals surface area contributed by atoms with Gasteiger partial charge in [0.25, 0.3) is 11.8 Å². The van der Waals surface area contributed by atoms with Crippen molar-refractivity contribution in [3.63, 3.8) is 0 Å². The summed E-state index contributed by atoms with van der Waals surface area (Å²) >= 11 is 0. The van der Waals surface area contributed by atoms with Crippen molar-refractivity contribution in [2.75, 3.05) is 32.7 Å².